The molecule has 0 aliphatic heterocycles. The van der Waals surface area contributed by atoms with E-state index in [-0.39, 0.29) is 5.82 Å². The minimum Gasteiger partial charge on any atom is -0.315 e. The molecule has 0 unspecified atom stereocenters. The normalized spacial score (nSPS) is 11.1. The van der Waals surface area contributed by atoms with Gasteiger partial charge in [-0.1, -0.05) is 19.9 Å². The summed E-state index contributed by atoms with van der Waals surface area (Å²) < 4.78 is 13.7. The van der Waals surface area contributed by atoms with Crippen LogP contribution in [0.4, 0.5) is 4.39 Å². The topological polar surface area (TPSA) is 12.0 Å². The van der Waals surface area contributed by atoms with Gasteiger partial charge in [0.2, 0.25) is 0 Å². The standard InChI is InChI=1S/C14H22FN/c1-10(2)16-7-5-6-13-12(4)8-11(3)9-14(13)15/h8-10,16H,5-7H2,1-4H3. The molecule has 0 saturated carbocycles. The first kappa shape index (κ1) is 13.2. The first-order chi connectivity index (χ1) is 7.50. The Morgan fingerprint density at radius 2 is 1.94 bits per heavy atom. The molecule has 0 aromatic heterocycles. The molecule has 1 N–H and O–H groups in total. The van der Waals surface area contributed by atoms with E-state index in [9.17, 15) is 4.39 Å². The van der Waals surface area contributed by atoms with Gasteiger partial charge in [-0.25, -0.2) is 4.39 Å². The highest BCUT2D eigenvalue weighted by molar-refractivity contribution is 5.32. The number of halogens is 1. The summed E-state index contributed by atoms with van der Waals surface area (Å²) in [4.78, 5) is 0. The van der Waals surface area contributed by atoms with Crippen LogP contribution in [0.2, 0.25) is 0 Å². The van der Waals surface area contributed by atoms with Crippen LogP contribution in [0.15, 0.2) is 12.1 Å². The summed E-state index contributed by atoms with van der Waals surface area (Å²) in [5.74, 6) is -0.0537. The maximum Gasteiger partial charge on any atom is 0.126 e. The third-order valence-corrected chi connectivity index (χ3v) is 2.72. The predicted octanol–water partition coefficient (Wildman–Crippen LogP) is 3.37. The third-order valence-electron chi connectivity index (χ3n) is 2.72. The predicted molar refractivity (Wildman–Crippen MR) is 67.3 cm³/mol. The zero-order chi connectivity index (χ0) is 12.1. The second-order valence-corrected chi connectivity index (χ2v) is 4.75. The van der Waals surface area contributed by atoms with Crippen LogP contribution in [-0.4, -0.2) is 12.6 Å². The molecule has 0 bridgehead atoms. The van der Waals surface area contributed by atoms with Crippen LogP contribution in [-0.2, 0) is 6.42 Å². The lowest BCUT2D eigenvalue weighted by Gasteiger charge is -2.10. The Hall–Kier alpha value is -0.890. The Bertz CT molecular complexity index is 322. The molecule has 1 aromatic carbocycles. The van der Waals surface area contributed by atoms with Crippen molar-refractivity contribution in [3.05, 3.63) is 34.6 Å². The molecule has 0 saturated heterocycles. The smallest absolute Gasteiger partial charge is 0.126 e. The largest absolute Gasteiger partial charge is 0.315 e. The second kappa shape index (κ2) is 6.00. The van der Waals surface area contributed by atoms with Gasteiger partial charge >= 0.3 is 0 Å². The molecular weight excluding hydrogens is 201 g/mol. The van der Waals surface area contributed by atoms with Gasteiger partial charge in [-0.2, -0.15) is 0 Å². The van der Waals surface area contributed by atoms with Gasteiger partial charge in [-0.3, -0.25) is 0 Å². The minimum absolute atomic E-state index is 0.0537. The Kier molecular flexibility index (Phi) is 4.94. The van der Waals surface area contributed by atoms with Gasteiger partial charge < -0.3 is 5.32 Å². The lowest BCUT2D eigenvalue weighted by Crippen LogP contribution is -2.24. The summed E-state index contributed by atoms with van der Waals surface area (Å²) in [7, 11) is 0. The summed E-state index contributed by atoms with van der Waals surface area (Å²) in [5, 5.41) is 3.34. The van der Waals surface area contributed by atoms with Crippen molar-refractivity contribution in [2.24, 2.45) is 0 Å². The molecule has 0 atom stereocenters. The zero-order valence-electron chi connectivity index (χ0n) is 10.7. The van der Waals surface area contributed by atoms with E-state index in [0.29, 0.717) is 6.04 Å². The van der Waals surface area contributed by atoms with Crippen molar-refractivity contribution < 1.29 is 4.39 Å². The first-order valence-electron chi connectivity index (χ1n) is 5.99. The highest BCUT2D eigenvalue weighted by atomic mass is 19.1. The number of hydrogen-bond acceptors (Lipinski definition) is 1. The van der Waals surface area contributed by atoms with Gasteiger partial charge in [0.05, 0.1) is 0 Å². The van der Waals surface area contributed by atoms with Crippen molar-refractivity contribution in [1.29, 1.82) is 0 Å². The summed E-state index contributed by atoms with van der Waals surface area (Å²) >= 11 is 0. The maximum atomic E-state index is 13.7. The molecule has 0 fully saturated rings. The summed E-state index contributed by atoms with van der Waals surface area (Å²) in [6.07, 6.45) is 1.80. The molecule has 1 aromatic rings. The van der Waals surface area contributed by atoms with Crippen LogP contribution in [0.5, 0.6) is 0 Å². The molecule has 0 amide bonds. The third kappa shape index (κ3) is 3.93. The highest BCUT2D eigenvalue weighted by Gasteiger charge is 2.06. The van der Waals surface area contributed by atoms with Crippen molar-refractivity contribution in [3.63, 3.8) is 0 Å². The summed E-state index contributed by atoms with van der Waals surface area (Å²) in [6.45, 7) is 9.11. The van der Waals surface area contributed by atoms with Crippen LogP contribution >= 0.6 is 0 Å². The number of aryl methyl sites for hydroxylation is 2. The van der Waals surface area contributed by atoms with Gasteiger partial charge in [-0.15, -0.1) is 0 Å². The van der Waals surface area contributed by atoms with Crippen LogP contribution < -0.4 is 5.32 Å². The molecule has 0 aliphatic carbocycles. The average molecular weight is 223 g/mol. The Morgan fingerprint density at radius 3 is 2.50 bits per heavy atom. The molecule has 16 heavy (non-hydrogen) atoms. The number of nitrogens with one attached hydrogen (secondary N) is 1. The van der Waals surface area contributed by atoms with Crippen molar-refractivity contribution in [2.75, 3.05) is 6.54 Å². The van der Waals surface area contributed by atoms with E-state index >= 15 is 0 Å². The number of hydrogen-bond donors (Lipinski definition) is 1. The molecule has 0 spiro atoms. The van der Waals surface area contributed by atoms with Gasteiger partial charge in [-0.05, 0) is 56.0 Å². The van der Waals surface area contributed by atoms with E-state index in [2.05, 4.69) is 19.2 Å². The zero-order valence-corrected chi connectivity index (χ0v) is 10.7. The van der Waals surface area contributed by atoms with E-state index in [0.717, 1.165) is 36.1 Å². The summed E-state index contributed by atoms with van der Waals surface area (Å²) in [6, 6.07) is 4.18. The fourth-order valence-corrected chi connectivity index (χ4v) is 1.92. The average Bonchev–Trinajstić information content (AvgIpc) is 2.14. The van der Waals surface area contributed by atoms with Gasteiger partial charge in [0.25, 0.3) is 0 Å². The molecule has 90 valence electrons. The Labute approximate surface area is 98.1 Å². The van der Waals surface area contributed by atoms with Crippen molar-refractivity contribution in [3.8, 4) is 0 Å². The molecule has 1 nitrogen and oxygen atoms in total. The van der Waals surface area contributed by atoms with Crippen LogP contribution in [0.25, 0.3) is 0 Å². The second-order valence-electron chi connectivity index (χ2n) is 4.75. The van der Waals surface area contributed by atoms with Gasteiger partial charge in [0.15, 0.2) is 0 Å². The van der Waals surface area contributed by atoms with Crippen molar-refractivity contribution >= 4 is 0 Å². The minimum atomic E-state index is -0.0537. The molecule has 0 radical (unpaired) electrons. The molecular formula is C14H22FN. The van der Waals surface area contributed by atoms with Crippen LogP contribution in [0.1, 0.15) is 37.0 Å². The highest BCUT2D eigenvalue weighted by Crippen LogP contribution is 2.17. The SMILES string of the molecule is Cc1cc(C)c(CCCNC(C)C)c(F)c1. The van der Waals surface area contributed by atoms with E-state index < -0.39 is 0 Å². The molecule has 2 heteroatoms. The maximum absolute atomic E-state index is 13.7. The van der Waals surface area contributed by atoms with E-state index in [4.69, 9.17) is 0 Å². The van der Waals surface area contributed by atoms with Gasteiger partial charge in [0.1, 0.15) is 5.82 Å². The fraction of sp³-hybridized carbons (Fsp3) is 0.571. The van der Waals surface area contributed by atoms with E-state index in [1.165, 1.54) is 0 Å². The van der Waals surface area contributed by atoms with Crippen molar-refractivity contribution in [1.82, 2.24) is 5.32 Å². The van der Waals surface area contributed by atoms with Gasteiger partial charge in [0, 0.05) is 6.04 Å². The Morgan fingerprint density at radius 1 is 1.25 bits per heavy atom. The summed E-state index contributed by atoms with van der Waals surface area (Å²) in [5.41, 5.74) is 2.94. The Balaban J connectivity index is 2.54. The number of rotatable bonds is 5. The molecule has 1 rings (SSSR count). The fourth-order valence-electron chi connectivity index (χ4n) is 1.92. The lowest BCUT2D eigenvalue weighted by molar-refractivity contribution is 0.557. The lowest BCUT2D eigenvalue weighted by atomic mass is 10.0. The van der Waals surface area contributed by atoms with Crippen LogP contribution in [0, 0.1) is 19.7 Å². The van der Waals surface area contributed by atoms with E-state index in [1.807, 2.05) is 19.9 Å². The molecule has 0 heterocycles. The number of benzene rings is 1. The monoisotopic (exact) mass is 223 g/mol. The quantitative estimate of drug-likeness (QED) is 0.755. The van der Waals surface area contributed by atoms with Crippen LogP contribution in [0.3, 0.4) is 0 Å². The van der Waals surface area contributed by atoms with Crippen molar-refractivity contribution in [2.45, 2.75) is 46.6 Å². The molecule has 0 aliphatic rings. The first-order valence-corrected chi connectivity index (χ1v) is 5.99. The van der Waals surface area contributed by atoms with E-state index in [1.54, 1.807) is 6.07 Å².